The van der Waals surface area contributed by atoms with Gasteiger partial charge in [0.1, 0.15) is 5.75 Å². The number of rotatable bonds is 4. The summed E-state index contributed by atoms with van der Waals surface area (Å²) in [5.74, 6) is -0.471. The molecule has 0 aromatic heterocycles. The van der Waals surface area contributed by atoms with Gasteiger partial charge < -0.3 is 9.84 Å². The Bertz CT molecular complexity index is 441. The van der Waals surface area contributed by atoms with Gasteiger partial charge in [-0.15, -0.1) is 0 Å². The van der Waals surface area contributed by atoms with Gasteiger partial charge in [0.25, 0.3) is 0 Å². The molecule has 1 aromatic carbocycles. The third-order valence-corrected chi connectivity index (χ3v) is 3.60. The van der Waals surface area contributed by atoms with Crippen LogP contribution in [0.1, 0.15) is 23.6 Å². The Morgan fingerprint density at radius 2 is 2.12 bits per heavy atom. The second-order valence-electron chi connectivity index (χ2n) is 4.26. The predicted molar refractivity (Wildman–Crippen MR) is 70.7 cm³/mol. The lowest BCUT2D eigenvalue weighted by atomic mass is 9.94. The fourth-order valence-corrected chi connectivity index (χ4v) is 2.52. The van der Waals surface area contributed by atoms with Gasteiger partial charge in [-0.1, -0.05) is 6.92 Å². The van der Waals surface area contributed by atoms with Crippen LogP contribution in [-0.2, 0) is 11.2 Å². The number of hydrogen-bond donors (Lipinski definition) is 1. The monoisotopic (exact) mass is 300 g/mol. The quantitative estimate of drug-likeness (QED) is 0.928. The first-order valence-electron chi connectivity index (χ1n) is 5.43. The number of methoxy groups -OCH3 is 1. The minimum absolute atomic E-state index is 0.420. The van der Waals surface area contributed by atoms with Crippen molar-refractivity contribution in [2.45, 2.75) is 27.2 Å². The summed E-state index contributed by atoms with van der Waals surface area (Å²) in [6, 6.07) is 1.99. The van der Waals surface area contributed by atoms with Gasteiger partial charge in [-0.3, -0.25) is 4.79 Å². The Labute approximate surface area is 110 Å². The Kier molecular flexibility index (Phi) is 4.57. The number of ether oxygens (including phenoxy) is 1. The Hall–Kier alpha value is -1.03. The summed E-state index contributed by atoms with van der Waals surface area (Å²) in [7, 11) is 1.60. The van der Waals surface area contributed by atoms with Crippen molar-refractivity contribution in [3.8, 4) is 5.75 Å². The fraction of sp³-hybridized carbons (Fsp3) is 0.462. The molecule has 1 N–H and O–H groups in total. The molecule has 0 aliphatic heterocycles. The van der Waals surface area contributed by atoms with Crippen molar-refractivity contribution in [2.24, 2.45) is 5.92 Å². The van der Waals surface area contributed by atoms with Crippen LogP contribution in [0.2, 0.25) is 0 Å². The highest BCUT2D eigenvalue weighted by Crippen LogP contribution is 2.35. The first kappa shape index (κ1) is 14.0. The third kappa shape index (κ3) is 3.00. The average molecular weight is 301 g/mol. The molecular weight excluding hydrogens is 284 g/mol. The number of carbonyl (C=O) groups is 1. The van der Waals surface area contributed by atoms with Crippen LogP contribution >= 0.6 is 15.9 Å². The van der Waals surface area contributed by atoms with Gasteiger partial charge in [0.15, 0.2) is 0 Å². The molecule has 0 saturated carbocycles. The molecule has 0 heterocycles. The first-order chi connectivity index (χ1) is 7.88. The van der Waals surface area contributed by atoms with Crippen molar-refractivity contribution in [2.75, 3.05) is 7.11 Å². The molecule has 4 heteroatoms. The second kappa shape index (κ2) is 5.54. The zero-order valence-electron chi connectivity index (χ0n) is 10.5. The van der Waals surface area contributed by atoms with Crippen molar-refractivity contribution in [1.82, 2.24) is 0 Å². The molecule has 17 heavy (non-hydrogen) atoms. The third-order valence-electron chi connectivity index (χ3n) is 3.01. The van der Waals surface area contributed by atoms with Gasteiger partial charge in [0.05, 0.1) is 17.5 Å². The minimum atomic E-state index is -0.788. The summed E-state index contributed by atoms with van der Waals surface area (Å²) < 4.78 is 6.22. The summed E-state index contributed by atoms with van der Waals surface area (Å²) in [6.07, 6.45) is 0.477. The molecule has 1 rings (SSSR count). The van der Waals surface area contributed by atoms with Crippen molar-refractivity contribution < 1.29 is 14.6 Å². The lowest BCUT2D eigenvalue weighted by Gasteiger charge is -2.17. The highest BCUT2D eigenvalue weighted by Gasteiger charge is 2.19. The molecule has 0 aliphatic carbocycles. The predicted octanol–water partition coefficient (Wildman–Crippen LogP) is 3.34. The topological polar surface area (TPSA) is 46.5 Å². The Morgan fingerprint density at radius 1 is 1.53 bits per heavy atom. The van der Waals surface area contributed by atoms with Crippen LogP contribution in [0.25, 0.3) is 0 Å². The number of aryl methyl sites for hydroxylation is 1. The molecule has 94 valence electrons. The summed E-state index contributed by atoms with van der Waals surface area (Å²) in [5, 5.41) is 8.98. The van der Waals surface area contributed by atoms with Gasteiger partial charge in [-0.25, -0.2) is 0 Å². The van der Waals surface area contributed by atoms with E-state index in [1.807, 2.05) is 19.9 Å². The van der Waals surface area contributed by atoms with Crippen LogP contribution in [0.5, 0.6) is 5.75 Å². The minimum Gasteiger partial charge on any atom is -0.495 e. The fourth-order valence-electron chi connectivity index (χ4n) is 1.78. The summed E-state index contributed by atoms with van der Waals surface area (Å²) in [6.45, 7) is 5.71. The van der Waals surface area contributed by atoms with E-state index >= 15 is 0 Å². The molecule has 0 aliphatic rings. The number of benzene rings is 1. The van der Waals surface area contributed by atoms with Crippen LogP contribution < -0.4 is 4.74 Å². The van der Waals surface area contributed by atoms with E-state index in [9.17, 15) is 4.79 Å². The molecule has 0 amide bonds. The number of hydrogen-bond acceptors (Lipinski definition) is 2. The summed E-state index contributed by atoms with van der Waals surface area (Å²) in [4.78, 5) is 10.9. The molecule has 1 aromatic rings. The van der Waals surface area contributed by atoms with Gasteiger partial charge in [0.2, 0.25) is 0 Å². The number of carboxylic acid groups (broad SMARTS) is 1. The zero-order valence-corrected chi connectivity index (χ0v) is 12.1. The summed E-state index contributed by atoms with van der Waals surface area (Å²) >= 11 is 3.45. The maximum atomic E-state index is 10.9. The number of carboxylic acids is 1. The van der Waals surface area contributed by atoms with E-state index in [0.29, 0.717) is 6.42 Å². The smallest absolute Gasteiger partial charge is 0.306 e. The van der Waals surface area contributed by atoms with Crippen LogP contribution in [-0.4, -0.2) is 18.2 Å². The molecule has 0 spiro atoms. The van der Waals surface area contributed by atoms with E-state index in [1.165, 1.54) is 0 Å². The van der Waals surface area contributed by atoms with Crippen molar-refractivity contribution in [3.63, 3.8) is 0 Å². The van der Waals surface area contributed by atoms with Crippen LogP contribution in [0, 0.1) is 19.8 Å². The molecule has 0 radical (unpaired) electrons. The van der Waals surface area contributed by atoms with Gasteiger partial charge in [0, 0.05) is 0 Å². The number of aliphatic carboxylic acids is 1. The number of halogens is 1. The van der Waals surface area contributed by atoms with Gasteiger partial charge in [-0.05, 0) is 59.0 Å². The molecule has 1 atom stereocenters. The standard InChI is InChI=1S/C13H17BrO3/c1-7-6-11(14)12(17-4)10(9(7)3)5-8(2)13(15)16/h6,8H,5H2,1-4H3,(H,15,16). The lowest BCUT2D eigenvalue weighted by Crippen LogP contribution is -2.14. The van der Waals surface area contributed by atoms with Crippen molar-refractivity contribution >= 4 is 21.9 Å². The highest BCUT2D eigenvalue weighted by atomic mass is 79.9. The van der Waals surface area contributed by atoms with Gasteiger partial charge in [-0.2, -0.15) is 0 Å². The second-order valence-corrected chi connectivity index (χ2v) is 5.11. The average Bonchev–Trinajstić information content (AvgIpc) is 2.25. The summed E-state index contributed by atoms with van der Waals surface area (Å²) in [5.41, 5.74) is 3.19. The lowest BCUT2D eigenvalue weighted by molar-refractivity contribution is -0.141. The van der Waals surface area contributed by atoms with E-state index in [4.69, 9.17) is 9.84 Å². The Morgan fingerprint density at radius 3 is 2.59 bits per heavy atom. The van der Waals surface area contributed by atoms with Crippen LogP contribution in [0.15, 0.2) is 10.5 Å². The highest BCUT2D eigenvalue weighted by molar-refractivity contribution is 9.10. The first-order valence-corrected chi connectivity index (χ1v) is 6.23. The van der Waals surface area contributed by atoms with E-state index in [1.54, 1.807) is 14.0 Å². The largest absolute Gasteiger partial charge is 0.495 e. The maximum absolute atomic E-state index is 10.9. The molecule has 0 saturated heterocycles. The SMILES string of the molecule is COc1c(Br)cc(C)c(C)c1CC(C)C(=O)O. The van der Waals surface area contributed by atoms with E-state index in [-0.39, 0.29) is 0 Å². The Balaban J connectivity index is 3.25. The van der Waals surface area contributed by atoms with E-state index in [0.717, 1.165) is 26.9 Å². The molecule has 1 unspecified atom stereocenters. The van der Waals surface area contributed by atoms with Gasteiger partial charge >= 0.3 is 5.97 Å². The molecule has 0 fully saturated rings. The van der Waals surface area contributed by atoms with Crippen molar-refractivity contribution in [1.29, 1.82) is 0 Å². The molecular formula is C13H17BrO3. The molecule has 3 nitrogen and oxygen atoms in total. The van der Waals surface area contributed by atoms with Crippen molar-refractivity contribution in [3.05, 3.63) is 27.2 Å². The van der Waals surface area contributed by atoms with E-state index < -0.39 is 11.9 Å². The maximum Gasteiger partial charge on any atom is 0.306 e. The molecule has 0 bridgehead atoms. The van der Waals surface area contributed by atoms with Crippen LogP contribution in [0.4, 0.5) is 0 Å². The van der Waals surface area contributed by atoms with E-state index in [2.05, 4.69) is 15.9 Å². The zero-order chi connectivity index (χ0) is 13.2. The normalized spacial score (nSPS) is 12.3. The van der Waals surface area contributed by atoms with Crippen LogP contribution in [0.3, 0.4) is 0 Å².